The third-order valence-corrected chi connectivity index (χ3v) is 3.41. The number of hydrogen-bond donors (Lipinski definition) is 1. The van der Waals surface area contributed by atoms with Gasteiger partial charge in [0.25, 0.3) is 0 Å². The van der Waals surface area contributed by atoms with Gasteiger partial charge in [0, 0.05) is 10.0 Å². The van der Waals surface area contributed by atoms with Gasteiger partial charge in [-0.15, -0.1) is 0 Å². The minimum Gasteiger partial charge on any atom is -0.306 e. The second kappa shape index (κ2) is 6.26. The molecule has 4 heteroatoms. The zero-order valence-corrected chi connectivity index (χ0v) is 12.0. The van der Waals surface area contributed by atoms with E-state index in [0.29, 0.717) is 12.1 Å². The fourth-order valence-electron chi connectivity index (χ4n) is 2.00. The van der Waals surface area contributed by atoms with Gasteiger partial charge in [-0.25, -0.2) is 8.78 Å². The van der Waals surface area contributed by atoms with E-state index in [4.69, 9.17) is 0 Å². The maximum Gasteiger partial charge on any atom is 0.128 e. The summed E-state index contributed by atoms with van der Waals surface area (Å²) in [6, 6.07) is 10.7. The molecule has 1 unspecified atom stereocenters. The van der Waals surface area contributed by atoms with Gasteiger partial charge >= 0.3 is 0 Å². The number of rotatable bonds is 4. The van der Waals surface area contributed by atoms with Crippen LogP contribution in [0.2, 0.25) is 0 Å². The highest BCUT2D eigenvalue weighted by Crippen LogP contribution is 2.26. The molecule has 0 aliphatic carbocycles. The number of hydrogen-bond acceptors (Lipinski definition) is 1. The van der Waals surface area contributed by atoms with Crippen LogP contribution < -0.4 is 5.32 Å². The quantitative estimate of drug-likeness (QED) is 0.877. The normalized spacial score (nSPS) is 12.4. The summed E-state index contributed by atoms with van der Waals surface area (Å²) in [6.07, 6.45) is 0. The molecule has 0 saturated carbocycles. The van der Waals surface area contributed by atoms with Gasteiger partial charge < -0.3 is 5.32 Å². The molecule has 0 amide bonds. The standard InChI is InChI=1S/C15H14BrF2N/c1-2-19-15(10-3-5-11(16)6-4-10)13-9-12(17)7-8-14(13)18/h3-9,15,19H,2H2,1H3. The molecule has 1 N–H and O–H groups in total. The Morgan fingerprint density at radius 3 is 2.42 bits per heavy atom. The SMILES string of the molecule is CCNC(c1ccc(Br)cc1)c1cc(F)ccc1F. The summed E-state index contributed by atoms with van der Waals surface area (Å²) in [4.78, 5) is 0. The van der Waals surface area contributed by atoms with Gasteiger partial charge in [0.1, 0.15) is 11.6 Å². The molecule has 0 saturated heterocycles. The molecule has 2 rings (SSSR count). The van der Waals surface area contributed by atoms with E-state index in [2.05, 4.69) is 21.2 Å². The molecule has 100 valence electrons. The van der Waals surface area contributed by atoms with Crippen LogP contribution >= 0.6 is 15.9 Å². The van der Waals surface area contributed by atoms with Crippen LogP contribution in [0.25, 0.3) is 0 Å². The van der Waals surface area contributed by atoms with Crippen molar-refractivity contribution < 1.29 is 8.78 Å². The molecule has 19 heavy (non-hydrogen) atoms. The summed E-state index contributed by atoms with van der Waals surface area (Å²) in [5.41, 5.74) is 1.22. The van der Waals surface area contributed by atoms with Crippen LogP contribution in [-0.2, 0) is 0 Å². The lowest BCUT2D eigenvalue weighted by molar-refractivity contribution is 0.545. The summed E-state index contributed by atoms with van der Waals surface area (Å²) < 4.78 is 28.2. The summed E-state index contributed by atoms with van der Waals surface area (Å²) in [5.74, 6) is -0.841. The van der Waals surface area contributed by atoms with Crippen LogP contribution in [0.1, 0.15) is 24.1 Å². The third kappa shape index (κ3) is 3.39. The van der Waals surface area contributed by atoms with Crippen LogP contribution in [0.4, 0.5) is 8.78 Å². The molecule has 0 fully saturated rings. The van der Waals surface area contributed by atoms with E-state index in [-0.39, 0.29) is 6.04 Å². The van der Waals surface area contributed by atoms with Crippen molar-refractivity contribution in [2.75, 3.05) is 6.54 Å². The highest BCUT2D eigenvalue weighted by molar-refractivity contribution is 9.10. The lowest BCUT2D eigenvalue weighted by atomic mass is 9.98. The van der Waals surface area contributed by atoms with Crippen molar-refractivity contribution in [1.82, 2.24) is 5.32 Å². The van der Waals surface area contributed by atoms with Gasteiger partial charge in [-0.3, -0.25) is 0 Å². The highest BCUT2D eigenvalue weighted by atomic mass is 79.9. The molecular formula is C15H14BrF2N. The second-order valence-corrected chi connectivity index (χ2v) is 5.12. The van der Waals surface area contributed by atoms with E-state index >= 15 is 0 Å². The van der Waals surface area contributed by atoms with Gasteiger partial charge in [0.2, 0.25) is 0 Å². The minimum atomic E-state index is -0.434. The van der Waals surface area contributed by atoms with Gasteiger partial charge in [0.05, 0.1) is 6.04 Å². The zero-order chi connectivity index (χ0) is 13.8. The molecule has 0 bridgehead atoms. The fourth-order valence-corrected chi connectivity index (χ4v) is 2.27. The predicted molar refractivity (Wildman–Crippen MR) is 76.0 cm³/mol. The van der Waals surface area contributed by atoms with Gasteiger partial charge in [-0.05, 0) is 42.4 Å². The minimum absolute atomic E-state index is 0.323. The topological polar surface area (TPSA) is 12.0 Å². The largest absolute Gasteiger partial charge is 0.306 e. The lowest BCUT2D eigenvalue weighted by Crippen LogP contribution is -2.23. The first-order valence-corrected chi connectivity index (χ1v) is 6.85. The van der Waals surface area contributed by atoms with E-state index in [1.165, 1.54) is 6.07 Å². The first-order chi connectivity index (χ1) is 9.11. The summed E-state index contributed by atoms with van der Waals surface area (Å²) in [5, 5.41) is 3.18. The van der Waals surface area contributed by atoms with Crippen molar-refractivity contribution in [3.05, 3.63) is 69.7 Å². The number of halogens is 3. The van der Waals surface area contributed by atoms with Gasteiger partial charge in [-0.1, -0.05) is 35.0 Å². The molecule has 1 nitrogen and oxygen atoms in total. The Bertz CT molecular complexity index is 555. The Morgan fingerprint density at radius 2 is 1.79 bits per heavy atom. The van der Waals surface area contributed by atoms with Crippen molar-refractivity contribution in [2.45, 2.75) is 13.0 Å². The Labute approximate surface area is 119 Å². The average molecular weight is 326 g/mol. The van der Waals surface area contributed by atoms with Crippen LogP contribution in [0.5, 0.6) is 0 Å². The summed E-state index contributed by atoms with van der Waals surface area (Å²) in [7, 11) is 0. The van der Waals surface area contributed by atoms with Crippen LogP contribution in [0.3, 0.4) is 0 Å². The molecule has 2 aromatic carbocycles. The smallest absolute Gasteiger partial charge is 0.128 e. The van der Waals surface area contributed by atoms with Crippen molar-refractivity contribution in [3.63, 3.8) is 0 Å². The first kappa shape index (κ1) is 14.2. The molecule has 0 heterocycles. The second-order valence-electron chi connectivity index (χ2n) is 4.21. The average Bonchev–Trinajstić information content (AvgIpc) is 2.40. The van der Waals surface area contributed by atoms with Gasteiger partial charge in [0.15, 0.2) is 0 Å². The fraction of sp³-hybridized carbons (Fsp3) is 0.200. The monoisotopic (exact) mass is 325 g/mol. The van der Waals surface area contributed by atoms with Gasteiger partial charge in [-0.2, -0.15) is 0 Å². The molecular weight excluding hydrogens is 312 g/mol. The lowest BCUT2D eigenvalue weighted by Gasteiger charge is -2.19. The molecule has 0 aliphatic rings. The van der Waals surface area contributed by atoms with E-state index in [1.807, 2.05) is 31.2 Å². The molecule has 0 radical (unpaired) electrons. The van der Waals surface area contributed by atoms with Crippen LogP contribution in [0, 0.1) is 11.6 Å². The summed E-state index contributed by atoms with van der Waals surface area (Å²) >= 11 is 3.36. The maximum absolute atomic E-state index is 13.9. The van der Waals surface area contributed by atoms with E-state index < -0.39 is 11.6 Å². The van der Waals surface area contributed by atoms with Crippen molar-refractivity contribution >= 4 is 15.9 Å². The maximum atomic E-state index is 13.9. The summed E-state index contributed by atoms with van der Waals surface area (Å²) in [6.45, 7) is 2.60. The van der Waals surface area contributed by atoms with Crippen LogP contribution in [0.15, 0.2) is 46.9 Å². The van der Waals surface area contributed by atoms with Crippen molar-refractivity contribution in [2.24, 2.45) is 0 Å². The first-order valence-electron chi connectivity index (χ1n) is 6.05. The zero-order valence-electron chi connectivity index (χ0n) is 10.5. The Balaban J connectivity index is 2.44. The number of nitrogens with one attached hydrogen (secondary N) is 1. The highest BCUT2D eigenvalue weighted by Gasteiger charge is 2.17. The Kier molecular flexibility index (Phi) is 4.66. The van der Waals surface area contributed by atoms with Crippen molar-refractivity contribution in [3.8, 4) is 0 Å². The Hall–Kier alpha value is -1.26. The van der Waals surface area contributed by atoms with E-state index in [0.717, 1.165) is 22.2 Å². The third-order valence-electron chi connectivity index (χ3n) is 2.88. The Morgan fingerprint density at radius 1 is 1.11 bits per heavy atom. The molecule has 1 atom stereocenters. The molecule has 0 aromatic heterocycles. The predicted octanol–water partition coefficient (Wildman–Crippen LogP) is 4.43. The van der Waals surface area contributed by atoms with E-state index in [1.54, 1.807) is 0 Å². The van der Waals surface area contributed by atoms with E-state index in [9.17, 15) is 8.78 Å². The number of benzene rings is 2. The molecule has 0 spiro atoms. The van der Waals surface area contributed by atoms with Crippen LogP contribution in [-0.4, -0.2) is 6.54 Å². The molecule has 0 aliphatic heterocycles. The molecule has 2 aromatic rings. The van der Waals surface area contributed by atoms with Crippen molar-refractivity contribution in [1.29, 1.82) is 0 Å².